The molecule has 0 radical (unpaired) electrons. The summed E-state index contributed by atoms with van der Waals surface area (Å²) in [6.45, 7) is 0.170. The molecule has 0 aromatic heterocycles. The molecule has 0 saturated carbocycles. The van der Waals surface area contributed by atoms with Crippen LogP contribution < -0.4 is 10.6 Å². The van der Waals surface area contributed by atoms with Gasteiger partial charge in [-0.2, -0.15) is 13.2 Å². The van der Waals surface area contributed by atoms with E-state index >= 15 is 0 Å². The highest BCUT2D eigenvalue weighted by atomic mass is 35.5. The van der Waals surface area contributed by atoms with Crippen molar-refractivity contribution < 1.29 is 18.0 Å². The Morgan fingerprint density at radius 1 is 1.09 bits per heavy atom. The van der Waals surface area contributed by atoms with Crippen LogP contribution in [0.2, 0.25) is 10.0 Å². The van der Waals surface area contributed by atoms with E-state index in [1.54, 1.807) is 24.3 Å². The average Bonchev–Trinajstić information content (AvgIpc) is 2.46. The zero-order valence-corrected chi connectivity index (χ0v) is 13.1. The number of anilines is 1. The molecule has 0 unspecified atom stereocenters. The van der Waals surface area contributed by atoms with Crippen LogP contribution in [0.25, 0.3) is 0 Å². The summed E-state index contributed by atoms with van der Waals surface area (Å²) < 4.78 is 38.0. The van der Waals surface area contributed by atoms with Crippen molar-refractivity contribution in [3.8, 4) is 0 Å². The molecule has 2 aromatic carbocycles. The number of carbonyl (C=O) groups excluding carboxylic acids is 1. The van der Waals surface area contributed by atoms with Crippen molar-refractivity contribution in [3.05, 3.63) is 63.6 Å². The topological polar surface area (TPSA) is 41.1 Å². The predicted molar refractivity (Wildman–Crippen MR) is 83.8 cm³/mol. The smallest absolute Gasteiger partial charge is 0.334 e. The number of hydrogen-bond donors (Lipinski definition) is 2. The van der Waals surface area contributed by atoms with Gasteiger partial charge in [0.2, 0.25) is 0 Å². The molecule has 23 heavy (non-hydrogen) atoms. The van der Waals surface area contributed by atoms with Crippen LogP contribution in [-0.4, -0.2) is 6.03 Å². The number of urea groups is 1. The third-order valence-electron chi connectivity index (χ3n) is 2.88. The lowest BCUT2D eigenvalue weighted by Gasteiger charge is -2.12. The zero-order valence-electron chi connectivity index (χ0n) is 11.5. The fourth-order valence-electron chi connectivity index (χ4n) is 1.79. The molecule has 0 aliphatic heterocycles. The normalized spacial score (nSPS) is 11.2. The first-order valence-corrected chi connectivity index (χ1v) is 7.17. The van der Waals surface area contributed by atoms with Crippen LogP contribution in [0.5, 0.6) is 0 Å². The van der Waals surface area contributed by atoms with Gasteiger partial charge in [0, 0.05) is 11.6 Å². The molecule has 0 heterocycles. The van der Waals surface area contributed by atoms with Gasteiger partial charge in [-0.25, -0.2) is 4.79 Å². The third kappa shape index (κ3) is 5.04. The van der Waals surface area contributed by atoms with Crippen molar-refractivity contribution >= 4 is 34.9 Å². The number of carbonyl (C=O) groups is 1. The minimum absolute atomic E-state index is 0.0101. The van der Waals surface area contributed by atoms with Crippen molar-refractivity contribution in [2.24, 2.45) is 0 Å². The average molecular weight is 363 g/mol. The summed E-state index contributed by atoms with van der Waals surface area (Å²) >= 11 is 11.6. The van der Waals surface area contributed by atoms with E-state index in [2.05, 4.69) is 10.6 Å². The Kier molecular flexibility index (Phi) is 5.38. The summed E-state index contributed by atoms with van der Waals surface area (Å²) in [5, 5.41) is 5.33. The van der Waals surface area contributed by atoms with E-state index in [4.69, 9.17) is 23.2 Å². The monoisotopic (exact) mass is 362 g/mol. The molecule has 2 rings (SSSR count). The Balaban J connectivity index is 2.02. The maximum absolute atomic E-state index is 12.7. The highest BCUT2D eigenvalue weighted by Gasteiger charge is 2.31. The van der Waals surface area contributed by atoms with Crippen molar-refractivity contribution in [1.29, 1.82) is 0 Å². The second-order valence-electron chi connectivity index (χ2n) is 4.63. The lowest BCUT2D eigenvalue weighted by Crippen LogP contribution is -2.28. The maximum atomic E-state index is 12.7. The molecule has 122 valence electrons. The Labute approximate surface area is 140 Å². The number of rotatable bonds is 3. The van der Waals surface area contributed by atoms with Gasteiger partial charge in [0.1, 0.15) is 0 Å². The molecule has 0 atom stereocenters. The van der Waals surface area contributed by atoms with Crippen LogP contribution >= 0.6 is 23.2 Å². The van der Waals surface area contributed by atoms with E-state index in [1.165, 1.54) is 0 Å². The Bertz CT molecular complexity index is 720. The van der Waals surface area contributed by atoms with Crippen LogP contribution in [0.3, 0.4) is 0 Å². The summed E-state index contributed by atoms with van der Waals surface area (Å²) in [6, 6.07) is 8.86. The van der Waals surface area contributed by atoms with E-state index < -0.39 is 17.8 Å². The third-order valence-corrected chi connectivity index (χ3v) is 3.45. The molecule has 0 aliphatic carbocycles. The summed E-state index contributed by atoms with van der Waals surface area (Å²) in [5.41, 5.74) is -0.264. The predicted octanol–water partition coefficient (Wildman–Crippen LogP) is 5.33. The van der Waals surface area contributed by atoms with Crippen molar-refractivity contribution in [3.63, 3.8) is 0 Å². The highest BCUT2D eigenvalue weighted by Crippen LogP contribution is 2.33. The van der Waals surface area contributed by atoms with Crippen LogP contribution in [-0.2, 0) is 12.7 Å². The Hall–Kier alpha value is -1.92. The number of hydrogen-bond acceptors (Lipinski definition) is 1. The first kappa shape index (κ1) is 17.4. The zero-order chi connectivity index (χ0) is 17.0. The minimum atomic E-state index is -4.52. The molecule has 2 aromatic rings. The first-order valence-electron chi connectivity index (χ1n) is 6.42. The van der Waals surface area contributed by atoms with Gasteiger partial charge in [-0.05, 0) is 35.9 Å². The standard InChI is InChI=1S/C15H11Cl2F3N2O/c16-11-3-1-2-9(6-11)8-21-14(23)22-13-7-10(15(18,19)20)4-5-12(13)17/h1-7H,8H2,(H2,21,22,23). The quantitative estimate of drug-likeness (QED) is 0.760. The van der Waals surface area contributed by atoms with E-state index in [-0.39, 0.29) is 17.3 Å². The molecule has 0 saturated heterocycles. The molecule has 8 heteroatoms. The van der Waals surface area contributed by atoms with E-state index in [0.29, 0.717) is 5.02 Å². The molecule has 0 aliphatic rings. The number of halogens is 5. The van der Waals surface area contributed by atoms with Crippen molar-refractivity contribution in [1.82, 2.24) is 5.32 Å². The van der Waals surface area contributed by atoms with Gasteiger partial charge >= 0.3 is 12.2 Å². The second-order valence-corrected chi connectivity index (χ2v) is 5.47. The number of amides is 2. The molecule has 0 bridgehead atoms. The van der Waals surface area contributed by atoms with E-state index in [0.717, 1.165) is 23.8 Å². The number of nitrogens with one attached hydrogen (secondary N) is 2. The van der Waals surface area contributed by atoms with Crippen LogP contribution in [0.15, 0.2) is 42.5 Å². The fraction of sp³-hybridized carbons (Fsp3) is 0.133. The molecule has 0 spiro atoms. The molecular formula is C15H11Cl2F3N2O. The molecule has 2 amide bonds. The molecule has 0 fully saturated rings. The number of benzene rings is 2. The number of alkyl halides is 3. The van der Waals surface area contributed by atoms with Gasteiger partial charge in [-0.15, -0.1) is 0 Å². The van der Waals surface area contributed by atoms with Gasteiger partial charge < -0.3 is 10.6 Å². The van der Waals surface area contributed by atoms with Gasteiger partial charge in [0.25, 0.3) is 0 Å². The van der Waals surface area contributed by atoms with Gasteiger partial charge in [0.15, 0.2) is 0 Å². The lowest BCUT2D eigenvalue weighted by atomic mass is 10.2. The summed E-state index contributed by atoms with van der Waals surface area (Å²) in [6.07, 6.45) is -4.52. The fourth-order valence-corrected chi connectivity index (χ4v) is 2.17. The van der Waals surface area contributed by atoms with Gasteiger partial charge in [-0.1, -0.05) is 35.3 Å². The first-order chi connectivity index (χ1) is 10.8. The van der Waals surface area contributed by atoms with Crippen molar-refractivity contribution in [2.45, 2.75) is 12.7 Å². The summed E-state index contributed by atoms with van der Waals surface area (Å²) in [7, 11) is 0. The van der Waals surface area contributed by atoms with Crippen LogP contribution in [0, 0.1) is 0 Å². The molecular weight excluding hydrogens is 352 g/mol. The van der Waals surface area contributed by atoms with Crippen LogP contribution in [0.4, 0.5) is 23.7 Å². The lowest BCUT2D eigenvalue weighted by molar-refractivity contribution is -0.137. The van der Waals surface area contributed by atoms with Crippen LogP contribution in [0.1, 0.15) is 11.1 Å². The minimum Gasteiger partial charge on any atom is -0.334 e. The Morgan fingerprint density at radius 3 is 2.48 bits per heavy atom. The maximum Gasteiger partial charge on any atom is 0.416 e. The SMILES string of the molecule is O=C(NCc1cccc(Cl)c1)Nc1cc(C(F)(F)F)ccc1Cl. The van der Waals surface area contributed by atoms with Gasteiger partial charge in [-0.3, -0.25) is 0 Å². The molecule has 3 nitrogen and oxygen atoms in total. The summed E-state index contributed by atoms with van der Waals surface area (Å²) in [5.74, 6) is 0. The highest BCUT2D eigenvalue weighted by molar-refractivity contribution is 6.33. The van der Waals surface area contributed by atoms with E-state index in [1.807, 2.05) is 0 Å². The van der Waals surface area contributed by atoms with Crippen molar-refractivity contribution in [2.75, 3.05) is 5.32 Å². The largest absolute Gasteiger partial charge is 0.416 e. The van der Waals surface area contributed by atoms with E-state index in [9.17, 15) is 18.0 Å². The Morgan fingerprint density at radius 2 is 1.83 bits per heavy atom. The van der Waals surface area contributed by atoms with Gasteiger partial charge in [0.05, 0.1) is 16.3 Å². The molecule has 2 N–H and O–H groups in total. The summed E-state index contributed by atoms with van der Waals surface area (Å²) in [4.78, 5) is 11.8. The second kappa shape index (κ2) is 7.10.